The molecule has 4 rings (SSSR count). The van der Waals surface area contributed by atoms with Gasteiger partial charge in [-0.2, -0.15) is 0 Å². The molecule has 6 heteroatoms. The molecular formula is C25H26N4O2. The summed E-state index contributed by atoms with van der Waals surface area (Å²) in [6.07, 6.45) is 7.62. The summed E-state index contributed by atoms with van der Waals surface area (Å²) in [5, 5.41) is 8.46. The van der Waals surface area contributed by atoms with E-state index in [9.17, 15) is 4.79 Å². The lowest BCUT2D eigenvalue weighted by atomic mass is 10.1. The largest absolute Gasteiger partial charge is 0.483 e. The molecule has 0 unspecified atom stereocenters. The molecule has 0 spiro atoms. The molecule has 0 aliphatic carbocycles. The molecule has 0 saturated heterocycles. The first kappa shape index (κ1) is 20.6. The minimum atomic E-state index is -0.0794. The van der Waals surface area contributed by atoms with Gasteiger partial charge in [-0.1, -0.05) is 60.2 Å². The van der Waals surface area contributed by atoms with Crippen molar-refractivity contribution in [3.05, 3.63) is 107 Å². The van der Waals surface area contributed by atoms with Gasteiger partial charge in [0.05, 0.1) is 17.6 Å². The maximum Gasteiger partial charge on any atom is 0.292 e. The second-order valence-corrected chi connectivity index (χ2v) is 7.45. The summed E-state index contributed by atoms with van der Waals surface area (Å²) in [5.41, 5.74) is 2.96. The molecule has 0 aliphatic heterocycles. The molecule has 0 atom stereocenters. The Bertz CT molecular complexity index is 1140. The number of ether oxygens (including phenoxy) is 1. The third kappa shape index (κ3) is 5.69. The van der Waals surface area contributed by atoms with Crippen molar-refractivity contribution in [3.8, 4) is 11.4 Å². The molecule has 6 nitrogen and oxygen atoms in total. The van der Waals surface area contributed by atoms with E-state index in [0.29, 0.717) is 18.9 Å². The van der Waals surface area contributed by atoms with Gasteiger partial charge in [-0.25, -0.2) is 4.68 Å². The number of benzene rings is 2. The summed E-state index contributed by atoms with van der Waals surface area (Å²) >= 11 is 0. The third-order valence-electron chi connectivity index (χ3n) is 5.12. The second-order valence-electron chi connectivity index (χ2n) is 7.45. The fourth-order valence-corrected chi connectivity index (χ4v) is 3.42. The standard InChI is InChI=1S/C25H26N4O2/c30-25-24(31-20-21-11-4-1-5-12-21)16-10-18-28(25)17-9-3-6-13-22-19-29(27-26-22)23-14-7-2-8-15-23/h1-2,4-5,7-8,10-12,14-16,18-19H,3,6,9,13,17,20H2. The van der Waals surface area contributed by atoms with E-state index in [1.54, 1.807) is 15.3 Å². The van der Waals surface area contributed by atoms with Gasteiger partial charge in [-0.15, -0.1) is 5.10 Å². The number of para-hydroxylation sites is 1. The van der Waals surface area contributed by atoms with Gasteiger partial charge in [0.1, 0.15) is 6.61 Å². The van der Waals surface area contributed by atoms with E-state index in [2.05, 4.69) is 10.3 Å². The summed E-state index contributed by atoms with van der Waals surface area (Å²) in [6.45, 7) is 1.07. The Hall–Kier alpha value is -3.67. The van der Waals surface area contributed by atoms with Crippen LogP contribution in [0.5, 0.6) is 5.75 Å². The number of nitrogens with zero attached hydrogens (tertiary/aromatic N) is 4. The maximum absolute atomic E-state index is 12.6. The lowest BCUT2D eigenvalue weighted by Crippen LogP contribution is -2.21. The maximum atomic E-state index is 12.6. The fraction of sp³-hybridized carbons (Fsp3) is 0.240. The quantitative estimate of drug-likeness (QED) is 0.360. The van der Waals surface area contributed by atoms with Crippen LogP contribution in [0.3, 0.4) is 0 Å². The minimum Gasteiger partial charge on any atom is -0.483 e. The first-order valence-electron chi connectivity index (χ1n) is 10.6. The average Bonchev–Trinajstić information content (AvgIpc) is 3.29. The van der Waals surface area contributed by atoms with Crippen molar-refractivity contribution in [1.29, 1.82) is 0 Å². The molecule has 0 N–H and O–H groups in total. The molecule has 0 radical (unpaired) electrons. The van der Waals surface area contributed by atoms with Crippen molar-refractivity contribution < 1.29 is 4.74 Å². The van der Waals surface area contributed by atoms with Crippen LogP contribution in [0.4, 0.5) is 0 Å². The van der Waals surface area contributed by atoms with Gasteiger partial charge in [0, 0.05) is 12.7 Å². The molecule has 2 heterocycles. The summed E-state index contributed by atoms with van der Waals surface area (Å²) in [7, 11) is 0. The van der Waals surface area contributed by atoms with Gasteiger partial charge in [0.2, 0.25) is 0 Å². The molecule has 0 fully saturated rings. The van der Waals surface area contributed by atoms with Crippen LogP contribution in [0.15, 0.2) is 90.0 Å². The number of hydrogen-bond acceptors (Lipinski definition) is 4. The highest BCUT2D eigenvalue weighted by Gasteiger charge is 2.06. The molecular weight excluding hydrogens is 388 g/mol. The molecule has 2 aromatic heterocycles. The minimum absolute atomic E-state index is 0.0794. The number of unbranched alkanes of at least 4 members (excludes halogenated alkanes) is 2. The molecule has 0 saturated carbocycles. The topological polar surface area (TPSA) is 61.9 Å². The van der Waals surface area contributed by atoms with Gasteiger partial charge in [0.15, 0.2) is 5.75 Å². The van der Waals surface area contributed by atoms with E-state index >= 15 is 0 Å². The van der Waals surface area contributed by atoms with Crippen molar-refractivity contribution in [2.45, 2.75) is 38.8 Å². The highest BCUT2D eigenvalue weighted by atomic mass is 16.5. The monoisotopic (exact) mass is 414 g/mol. The summed E-state index contributed by atoms with van der Waals surface area (Å²) in [5.74, 6) is 0.392. The predicted molar refractivity (Wildman–Crippen MR) is 120 cm³/mol. The van der Waals surface area contributed by atoms with Crippen LogP contribution in [0, 0.1) is 0 Å². The Kier molecular flexibility index (Phi) is 6.90. The van der Waals surface area contributed by atoms with E-state index < -0.39 is 0 Å². The van der Waals surface area contributed by atoms with Crippen molar-refractivity contribution in [2.75, 3.05) is 0 Å². The van der Waals surface area contributed by atoms with Crippen LogP contribution >= 0.6 is 0 Å². The van der Waals surface area contributed by atoms with Crippen molar-refractivity contribution >= 4 is 0 Å². The second kappa shape index (κ2) is 10.4. The first-order valence-corrected chi connectivity index (χ1v) is 10.6. The number of rotatable bonds is 10. The molecule has 31 heavy (non-hydrogen) atoms. The van der Waals surface area contributed by atoms with Crippen molar-refractivity contribution in [2.24, 2.45) is 0 Å². The van der Waals surface area contributed by atoms with Crippen LogP contribution < -0.4 is 10.3 Å². The third-order valence-corrected chi connectivity index (χ3v) is 5.12. The molecule has 0 aliphatic rings. The lowest BCUT2D eigenvalue weighted by Gasteiger charge is -2.09. The average molecular weight is 415 g/mol. The number of aromatic nitrogens is 4. The van der Waals surface area contributed by atoms with Gasteiger partial charge >= 0.3 is 0 Å². The molecule has 0 bridgehead atoms. The van der Waals surface area contributed by atoms with E-state index in [1.165, 1.54) is 0 Å². The summed E-state index contributed by atoms with van der Waals surface area (Å²) in [4.78, 5) is 12.6. The Morgan fingerprint density at radius 2 is 1.61 bits per heavy atom. The Balaban J connectivity index is 1.23. The van der Waals surface area contributed by atoms with Crippen LogP contribution in [0.1, 0.15) is 30.5 Å². The Labute approximate surface area is 181 Å². The SMILES string of the molecule is O=c1c(OCc2ccccc2)cccn1CCCCCc1cn(-c2ccccc2)nn1. The van der Waals surface area contributed by atoms with Crippen molar-refractivity contribution in [1.82, 2.24) is 19.6 Å². The van der Waals surface area contributed by atoms with Gasteiger partial charge < -0.3 is 9.30 Å². The van der Waals surface area contributed by atoms with E-state index in [0.717, 1.165) is 42.6 Å². The van der Waals surface area contributed by atoms with Crippen LogP contribution in [0.25, 0.3) is 5.69 Å². The fourth-order valence-electron chi connectivity index (χ4n) is 3.42. The van der Waals surface area contributed by atoms with Crippen LogP contribution in [-0.2, 0) is 19.6 Å². The van der Waals surface area contributed by atoms with Gasteiger partial charge in [0.25, 0.3) is 5.56 Å². The Morgan fingerprint density at radius 1 is 0.839 bits per heavy atom. The van der Waals surface area contributed by atoms with Gasteiger partial charge in [-0.05, 0) is 49.1 Å². The van der Waals surface area contributed by atoms with E-state index in [1.807, 2.05) is 79.1 Å². The molecule has 2 aromatic carbocycles. The summed E-state index contributed by atoms with van der Waals surface area (Å²) in [6, 6.07) is 23.4. The highest BCUT2D eigenvalue weighted by molar-refractivity contribution is 5.29. The number of hydrogen-bond donors (Lipinski definition) is 0. The number of aryl methyl sites for hydroxylation is 2. The van der Waals surface area contributed by atoms with Crippen molar-refractivity contribution in [3.63, 3.8) is 0 Å². The zero-order valence-corrected chi connectivity index (χ0v) is 17.4. The number of pyridine rings is 1. The lowest BCUT2D eigenvalue weighted by molar-refractivity contribution is 0.298. The normalized spacial score (nSPS) is 10.8. The zero-order chi connectivity index (χ0) is 21.3. The van der Waals surface area contributed by atoms with Gasteiger partial charge in [-0.3, -0.25) is 4.79 Å². The van der Waals surface area contributed by atoms with Crippen LogP contribution in [0.2, 0.25) is 0 Å². The van der Waals surface area contributed by atoms with Crippen LogP contribution in [-0.4, -0.2) is 19.6 Å². The predicted octanol–water partition coefficient (Wildman–Crippen LogP) is 4.42. The van der Waals surface area contributed by atoms with E-state index in [-0.39, 0.29) is 5.56 Å². The Morgan fingerprint density at radius 3 is 2.42 bits per heavy atom. The molecule has 4 aromatic rings. The highest BCUT2D eigenvalue weighted by Crippen LogP contribution is 2.10. The summed E-state index contributed by atoms with van der Waals surface area (Å²) < 4.78 is 9.27. The molecule has 0 amide bonds. The molecule has 158 valence electrons. The zero-order valence-electron chi connectivity index (χ0n) is 17.4. The van der Waals surface area contributed by atoms with E-state index in [4.69, 9.17) is 4.74 Å². The first-order chi connectivity index (χ1) is 15.3. The smallest absolute Gasteiger partial charge is 0.292 e.